The van der Waals surface area contributed by atoms with Gasteiger partial charge in [0.05, 0.1) is 18.2 Å². The second-order valence-electron chi connectivity index (χ2n) is 3.76. The van der Waals surface area contributed by atoms with E-state index in [1.54, 1.807) is 0 Å². The van der Waals surface area contributed by atoms with Crippen LogP contribution in [-0.2, 0) is 4.74 Å². The SMILES string of the molecule is NCCC=Cc1ccc(N2CCOCC2)s1. The summed E-state index contributed by atoms with van der Waals surface area (Å²) in [6.45, 7) is 4.42. The molecule has 2 N–H and O–H groups in total. The summed E-state index contributed by atoms with van der Waals surface area (Å²) in [6, 6.07) is 4.36. The Kier molecular flexibility index (Phi) is 4.39. The van der Waals surface area contributed by atoms with Gasteiger partial charge in [0.1, 0.15) is 0 Å². The molecule has 1 aliphatic heterocycles. The van der Waals surface area contributed by atoms with Crippen molar-refractivity contribution in [2.75, 3.05) is 37.7 Å². The maximum Gasteiger partial charge on any atom is 0.0916 e. The number of nitrogens with two attached hydrogens (primary N) is 1. The zero-order valence-corrected chi connectivity index (χ0v) is 10.2. The topological polar surface area (TPSA) is 38.5 Å². The van der Waals surface area contributed by atoms with E-state index in [2.05, 4.69) is 29.2 Å². The summed E-state index contributed by atoms with van der Waals surface area (Å²) in [7, 11) is 0. The lowest BCUT2D eigenvalue weighted by atomic mass is 10.3. The quantitative estimate of drug-likeness (QED) is 0.871. The van der Waals surface area contributed by atoms with Crippen LogP contribution in [0, 0.1) is 0 Å². The van der Waals surface area contributed by atoms with Crippen LogP contribution in [0.15, 0.2) is 18.2 Å². The minimum atomic E-state index is 0.720. The van der Waals surface area contributed by atoms with Crippen molar-refractivity contribution in [1.82, 2.24) is 0 Å². The van der Waals surface area contributed by atoms with E-state index in [-0.39, 0.29) is 0 Å². The van der Waals surface area contributed by atoms with E-state index < -0.39 is 0 Å². The summed E-state index contributed by atoms with van der Waals surface area (Å²) in [4.78, 5) is 3.68. The van der Waals surface area contributed by atoms with Crippen LogP contribution in [0.5, 0.6) is 0 Å². The predicted octanol–water partition coefficient (Wildman–Crippen LogP) is 1.95. The number of rotatable bonds is 4. The fourth-order valence-electron chi connectivity index (χ4n) is 1.68. The zero-order valence-electron chi connectivity index (χ0n) is 9.39. The first-order valence-electron chi connectivity index (χ1n) is 5.69. The van der Waals surface area contributed by atoms with Gasteiger partial charge >= 0.3 is 0 Å². The first kappa shape index (κ1) is 11.6. The molecular weight excluding hydrogens is 220 g/mol. The Hall–Kier alpha value is -0.840. The molecular formula is C12H18N2OS. The number of nitrogens with zero attached hydrogens (tertiary/aromatic N) is 1. The number of hydrogen-bond acceptors (Lipinski definition) is 4. The second-order valence-corrected chi connectivity index (χ2v) is 4.85. The Morgan fingerprint density at radius 2 is 2.19 bits per heavy atom. The first-order valence-corrected chi connectivity index (χ1v) is 6.51. The Morgan fingerprint density at radius 1 is 1.38 bits per heavy atom. The molecule has 2 heterocycles. The normalized spacial score (nSPS) is 17.2. The van der Waals surface area contributed by atoms with Gasteiger partial charge in [-0.3, -0.25) is 0 Å². The fourth-order valence-corrected chi connectivity index (χ4v) is 2.67. The van der Waals surface area contributed by atoms with Gasteiger partial charge in [0.2, 0.25) is 0 Å². The van der Waals surface area contributed by atoms with E-state index in [1.807, 2.05) is 11.3 Å². The Balaban J connectivity index is 1.95. The van der Waals surface area contributed by atoms with E-state index in [0.717, 1.165) is 39.3 Å². The number of ether oxygens (including phenoxy) is 1. The van der Waals surface area contributed by atoms with Crippen molar-refractivity contribution in [2.45, 2.75) is 6.42 Å². The number of thiophene rings is 1. The van der Waals surface area contributed by atoms with Crippen LogP contribution in [0.3, 0.4) is 0 Å². The summed E-state index contributed by atoms with van der Waals surface area (Å²) in [5.74, 6) is 0. The molecule has 1 aliphatic rings. The van der Waals surface area contributed by atoms with E-state index in [9.17, 15) is 0 Å². The van der Waals surface area contributed by atoms with Crippen molar-refractivity contribution >= 4 is 22.4 Å². The highest BCUT2D eigenvalue weighted by Crippen LogP contribution is 2.27. The van der Waals surface area contributed by atoms with Crippen molar-refractivity contribution in [3.05, 3.63) is 23.1 Å². The third-order valence-corrected chi connectivity index (χ3v) is 3.66. The lowest BCUT2D eigenvalue weighted by molar-refractivity contribution is 0.123. The van der Waals surface area contributed by atoms with Crippen LogP contribution in [0.25, 0.3) is 6.08 Å². The molecule has 16 heavy (non-hydrogen) atoms. The molecule has 0 spiro atoms. The van der Waals surface area contributed by atoms with Crippen molar-refractivity contribution in [1.29, 1.82) is 0 Å². The molecule has 88 valence electrons. The lowest BCUT2D eigenvalue weighted by Crippen LogP contribution is -2.35. The molecule has 1 aromatic heterocycles. The standard InChI is InChI=1S/C12H18N2OS/c13-6-2-1-3-11-4-5-12(16-11)14-7-9-15-10-8-14/h1,3-5H,2,6-10,13H2. The van der Waals surface area contributed by atoms with E-state index in [0.29, 0.717) is 0 Å². The van der Waals surface area contributed by atoms with E-state index in [4.69, 9.17) is 10.5 Å². The van der Waals surface area contributed by atoms with Crippen molar-refractivity contribution < 1.29 is 4.74 Å². The summed E-state index contributed by atoms with van der Waals surface area (Å²) in [6.07, 6.45) is 5.24. The molecule has 1 saturated heterocycles. The summed E-state index contributed by atoms with van der Waals surface area (Å²) < 4.78 is 5.34. The molecule has 1 fully saturated rings. The Labute approximate surface area is 101 Å². The van der Waals surface area contributed by atoms with Crippen molar-refractivity contribution in [3.63, 3.8) is 0 Å². The van der Waals surface area contributed by atoms with Crippen LogP contribution in [-0.4, -0.2) is 32.8 Å². The Bertz CT molecular complexity index is 343. The number of hydrogen-bond donors (Lipinski definition) is 1. The van der Waals surface area contributed by atoms with Crippen LogP contribution in [0.2, 0.25) is 0 Å². The maximum absolute atomic E-state index is 5.44. The third kappa shape index (κ3) is 3.07. The van der Waals surface area contributed by atoms with Crippen LogP contribution in [0.4, 0.5) is 5.00 Å². The van der Waals surface area contributed by atoms with Gasteiger partial charge < -0.3 is 15.4 Å². The average molecular weight is 238 g/mol. The maximum atomic E-state index is 5.44. The molecule has 0 bridgehead atoms. The van der Waals surface area contributed by atoms with Gasteiger partial charge in [-0.25, -0.2) is 0 Å². The average Bonchev–Trinajstić information content (AvgIpc) is 2.79. The van der Waals surface area contributed by atoms with Crippen LogP contribution in [0.1, 0.15) is 11.3 Å². The highest BCUT2D eigenvalue weighted by Gasteiger charge is 2.12. The molecule has 1 aromatic rings. The monoisotopic (exact) mass is 238 g/mol. The molecule has 0 unspecified atom stereocenters. The molecule has 4 heteroatoms. The predicted molar refractivity (Wildman–Crippen MR) is 70.1 cm³/mol. The third-order valence-electron chi connectivity index (χ3n) is 2.55. The van der Waals surface area contributed by atoms with Gasteiger partial charge in [0.15, 0.2) is 0 Å². The number of morpholine rings is 1. The van der Waals surface area contributed by atoms with Gasteiger partial charge in [0.25, 0.3) is 0 Å². The van der Waals surface area contributed by atoms with E-state index >= 15 is 0 Å². The van der Waals surface area contributed by atoms with Gasteiger partial charge in [-0.1, -0.05) is 6.08 Å². The van der Waals surface area contributed by atoms with Gasteiger partial charge in [0, 0.05) is 18.0 Å². The van der Waals surface area contributed by atoms with Crippen molar-refractivity contribution in [2.24, 2.45) is 5.73 Å². The molecule has 0 saturated carbocycles. The molecule has 0 radical (unpaired) electrons. The lowest BCUT2D eigenvalue weighted by Gasteiger charge is -2.27. The molecule has 0 atom stereocenters. The largest absolute Gasteiger partial charge is 0.378 e. The summed E-state index contributed by atoms with van der Waals surface area (Å²) in [5, 5.41) is 1.34. The highest BCUT2D eigenvalue weighted by atomic mass is 32.1. The Morgan fingerprint density at radius 3 is 2.94 bits per heavy atom. The molecule has 0 aliphatic carbocycles. The molecule has 2 rings (SSSR count). The van der Waals surface area contributed by atoms with Crippen molar-refractivity contribution in [3.8, 4) is 0 Å². The van der Waals surface area contributed by atoms with Gasteiger partial charge in [-0.15, -0.1) is 11.3 Å². The summed E-state index contributed by atoms with van der Waals surface area (Å²) in [5.41, 5.74) is 5.44. The first-order chi connectivity index (χ1) is 7.90. The number of anilines is 1. The van der Waals surface area contributed by atoms with Crippen LogP contribution >= 0.6 is 11.3 Å². The zero-order chi connectivity index (χ0) is 11.2. The highest BCUT2D eigenvalue weighted by molar-refractivity contribution is 7.16. The summed E-state index contributed by atoms with van der Waals surface area (Å²) >= 11 is 1.83. The minimum Gasteiger partial charge on any atom is -0.378 e. The van der Waals surface area contributed by atoms with Crippen LogP contribution < -0.4 is 10.6 Å². The molecule has 0 amide bonds. The second kappa shape index (κ2) is 6.03. The molecule has 0 aromatic carbocycles. The van der Waals surface area contributed by atoms with E-state index in [1.165, 1.54) is 9.88 Å². The smallest absolute Gasteiger partial charge is 0.0916 e. The van der Waals surface area contributed by atoms with Gasteiger partial charge in [-0.2, -0.15) is 0 Å². The minimum absolute atomic E-state index is 0.720. The fraction of sp³-hybridized carbons (Fsp3) is 0.500. The van der Waals surface area contributed by atoms with Gasteiger partial charge in [-0.05, 0) is 31.2 Å². The molecule has 3 nitrogen and oxygen atoms in total.